The van der Waals surface area contributed by atoms with Crippen LogP contribution in [0.4, 0.5) is 0 Å². The van der Waals surface area contributed by atoms with Crippen molar-refractivity contribution in [1.82, 2.24) is 20.8 Å². The topological polar surface area (TPSA) is 97.1 Å². The Kier molecular flexibility index (Phi) is 5.16. The Morgan fingerprint density at radius 3 is 1.52 bits per heavy atom. The fraction of sp³-hybridized carbons (Fsp3) is 0.111. The van der Waals surface area contributed by atoms with Gasteiger partial charge in [0.2, 0.25) is 11.8 Å². The first-order chi connectivity index (χ1) is 12.2. The molecule has 0 unspecified atom stereocenters. The first-order valence-corrected chi connectivity index (χ1v) is 7.70. The highest BCUT2D eigenvalue weighted by molar-refractivity contribution is 5.94. The van der Waals surface area contributed by atoms with E-state index in [0.29, 0.717) is 11.1 Å². The van der Waals surface area contributed by atoms with Crippen LogP contribution in [0.3, 0.4) is 0 Å². The Hall–Kier alpha value is -3.48. The van der Waals surface area contributed by atoms with E-state index in [9.17, 15) is 9.59 Å². The van der Waals surface area contributed by atoms with Gasteiger partial charge in [-0.25, -0.2) is 0 Å². The quantitative estimate of drug-likeness (QED) is 0.717. The first-order valence-electron chi connectivity index (χ1n) is 7.70. The first kappa shape index (κ1) is 16.4. The fourth-order valence-corrected chi connectivity index (χ4v) is 2.13. The summed E-state index contributed by atoms with van der Waals surface area (Å²) in [4.78, 5) is 23.9. The Morgan fingerprint density at radius 2 is 1.12 bits per heavy atom. The number of carbonyl (C=O) groups excluding carboxylic acids is 2. The third kappa shape index (κ3) is 4.51. The molecule has 0 saturated carbocycles. The van der Waals surface area contributed by atoms with Crippen LogP contribution in [-0.2, 0) is 13.1 Å². The van der Waals surface area contributed by atoms with Crippen LogP contribution in [0.25, 0.3) is 0 Å². The minimum Gasteiger partial charge on any atom is -0.421 e. The number of nitrogens with one attached hydrogen (secondary N) is 2. The molecule has 3 aromatic rings. The molecule has 126 valence electrons. The average Bonchev–Trinajstić information content (AvgIpc) is 3.13. The Labute approximate surface area is 144 Å². The van der Waals surface area contributed by atoms with Crippen molar-refractivity contribution in [3.05, 3.63) is 83.6 Å². The summed E-state index contributed by atoms with van der Waals surface area (Å²) < 4.78 is 5.40. The van der Waals surface area contributed by atoms with Gasteiger partial charge in [0.1, 0.15) is 0 Å². The number of carbonyl (C=O) groups is 2. The largest absolute Gasteiger partial charge is 0.421 e. The summed E-state index contributed by atoms with van der Waals surface area (Å²) in [6.45, 7) is 0.237. The Morgan fingerprint density at radius 1 is 0.720 bits per heavy atom. The van der Waals surface area contributed by atoms with E-state index in [1.807, 2.05) is 12.1 Å². The summed E-state index contributed by atoms with van der Waals surface area (Å²) >= 11 is 0. The van der Waals surface area contributed by atoms with Gasteiger partial charge >= 0.3 is 0 Å². The van der Waals surface area contributed by atoms with E-state index < -0.39 is 0 Å². The Balaban J connectivity index is 1.49. The van der Waals surface area contributed by atoms with E-state index in [1.54, 1.807) is 48.5 Å². The molecule has 25 heavy (non-hydrogen) atoms. The molecule has 2 aromatic carbocycles. The van der Waals surface area contributed by atoms with Crippen LogP contribution in [0, 0.1) is 0 Å². The molecule has 7 nitrogen and oxygen atoms in total. The number of aromatic nitrogens is 2. The summed E-state index contributed by atoms with van der Waals surface area (Å²) in [6, 6.07) is 17.7. The average molecular weight is 336 g/mol. The van der Waals surface area contributed by atoms with Gasteiger partial charge in [-0.15, -0.1) is 10.2 Å². The predicted molar refractivity (Wildman–Crippen MR) is 89.5 cm³/mol. The molecule has 0 radical (unpaired) electrons. The molecule has 0 saturated heterocycles. The molecule has 7 heteroatoms. The van der Waals surface area contributed by atoms with Gasteiger partial charge in [0.05, 0.1) is 13.1 Å². The van der Waals surface area contributed by atoms with Gasteiger partial charge in [0.25, 0.3) is 11.8 Å². The van der Waals surface area contributed by atoms with Crippen molar-refractivity contribution in [2.75, 3.05) is 0 Å². The molecule has 1 aromatic heterocycles. The lowest BCUT2D eigenvalue weighted by Crippen LogP contribution is -2.23. The summed E-state index contributed by atoms with van der Waals surface area (Å²) in [5.41, 5.74) is 1.11. The van der Waals surface area contributed by atoms with E-state index in [4.69, 9.17) is 4.42 Å². The molecular formula is C18H16N4O3. The van der Waals surface area contributed by atoms with Gasteiger partial charge in [-0.05, 0) is 24.3 Å². The summed E-state index contributed by atoms with van der Waals surface area (Å²) in [7, 11) is 0. The number of hydrogen-bond acceptors (Lipinski definition) is 5. The maximum atomic E-state index is 11.9. The molecular weight excluding hydrogens is 320 g/mol. The van der Waals surface area contributed by atoms with E-state index in [2.05, 4.69) is 20.8 Å². The van der Waals surface area contributed by atoms with Crippen LogP contribution < -0.4 is 10.6 Å². The zero-order valence-corrected chi connectivity index (χ0v) is 13.3. The molecule has 0 fully saturated rings. The van der Waals surface area contributed by atoms with Crippen molar-refractivity contribution in [2.24, 2.45) is 0 Å². The third-order valence-corrected chi connectivity index (χ3v) is 3.38. The molecule has 0 spiro atoms. The van der Waals surface area contributed by atoms with E-state index >= 15 is 0 Å². The minimum atomic E-state index is -0.224. The van der Waals surface area contributed by atoms with Gasteiger partial charge in [-0.2, -0.15) is 0 Å². The highest BCUT2D eigenvalue weighted by Gasteiger charge is 2.11. The maximum absolute atomic E-state index is 11.9. The van der Waals surface area contributed by atoms with E-state index in [-0.39, 0.29) is 36.7 Å². The molecule has 1 heterocycles. The van der Waals surface area contributed by atoms with Crippen LogP contribution in [0.5, 0.6) is 0 Å². The number of nitrogens with zero attached hydrogens (tertiary/aromatic N) is 2. The van der Waals surface area contributed by atoms with Crippen LogP contribution in [0.2, 0.25) is 0 Å². The van der Waals surface area contributed by atoms with Crippen LogP contribution in [0.15, 0.2) is 65.1 Å². The zero-order chi connectivity index (χ0) is 17.5. The van der Waals surface area contributed by atoms with E-state index in [0.717, 1.165) is 0 Å². The van der Waals surface area contributed by atoms with Crippen molar-refractivity contribution in [1.29, 1.82) is 0 Å². The zero-order valence-electron chi connectivity index (χ0n) is 13.3. The number of benzene rings is 2. The monoisotopic (exact) mass is 336 g/mol. The molecule has 0 bridgehead atoms. The second kappa shape index (κ2) is 7.87. The van der Waals surface area contributed by atoms with Gasteiger partial charge in [-0.3, -0.25) is 9.59 Å². The minimum absolute atomic E-state index is 0.118. The lowest BCUT2D eigenvalue weighted by atomic mass is 10.2. The lowest BCUT2D eigenvalue weighted by molar-refractivity contribution is 0.0942. The fourth-order valence-electron chi connectivity index (χ4n) is 2.13. The summed E-state index contributed by atoms with van der Waals surface area (Å²) in [6.07, 6.45) is 0. The molecule has 0 aliphatic carbocycles. The molecule has 2 N–H and O–H groups in total. The van der Waals surface area contributed by atoms with Crippen molar-refractivity contribution in [2.45, 2.75) is 13.1 Å². The number of hydrogen-bond donors (Lipinski definition) is 2. The second-order valence-electron chi connectivity index (χ2n) is 5.19. The van der Waals surface area contributed by atoms with Crippen molar-refractivity contribution >= 4 is 11.8 Å². The lowest BCUT2D eigenvalue weighted by Gasteiger charge is -2.02. The smallest absolute Gasteiger partial charge is 0.251 e. The normalized spacial score (nSPS) is 10.2. The van der Waals surface area contributed by atoms with Gasteiger partial charge in [0, 0.05) is 11.1 Å². The van der Waals surface area contributed by atoms with Crippen LogP contribution in [-0.4, -0.2) is 22.0 Å². The van der Waals surface area contributed by atoms with Crippen molar-refractivity contribution in [3.63, 3.8) is 0 Å². The molecule has 2 amide bonds. The highest BCUT2D eigenvalue weighted by Crippen LogP contribution is 2.03. The summed E-state index contributed by atoms with van der Waals surface area (Å²) in [5, 5.41) is 13.1. The second-order valence-corrected chi connectivity index (χ2v) is 5.19. The maximum Gasteiger partial charge on any atom is 0.251 e. The molecule has 3 rings (SSSR count). The molecule has 0 atom stereocenters. The van der Waals surface area contributed by atoms with Gasteiger partial charge < -0.3 is 15.1 Å². The Bertz CT molecular complexity index is 777. The third-order valence-electron chi connectivity index (χ3n) is 3.38. The predicted octanol–water partition coefficient (Wildman–Crippen LogP) is 1.93. The van der Waals surface area contributed by atoms with Crippen molar-refractivity contribution < 1.29 is 14.0 Å². The van der Waals surface area contributed by atoms with Crippen molar-refractivity contribution in [3.8, 4) is 0 Å². The number of rotatable bonds is 6. The summed E-state index contributed by atoms with van der Waals surface area (Å²) in [5.74, 6) is 0.0944. The van der Waals surface area contributed by atoms with Crippen LogP contribution in [0.1, 0.15) is 32.5 Å². The number of amides is 2. The van der Waals surface area contributed by atoms with Gasteiger partial charge in [0.15, 0.2) is 0 Å². The SMILES string of the molecule is O=C(NCc1nnc(CNC(=O)c2ccccc2)o1)c1ccccc1. The van der Waals surface area contributed by atoms with E-state index in [1.165, 1.54) is 0 Å². The van der Waals surface area contributed by atoms with Crippen LogP contribution >= 0.6 is 0 Å². The highest BCUT2D eigenvalue weighted by atomic mass is 16.4. The molecule has 0 aliphatic heterocycles. The molecule has 0 aliphatic rings. The standard InChI is InChI=1S/C18H16N4O3/c23-17(13-7-3-1-4-8-13)19-11-15-21-22-16(25-15)12-20-18(24)14-9-5-2-6-10-14/h1-10H,11-12H2,(H,19,23)(H,20,24). The van der Waals surface area contributed by atoms with Gasteiger partial charge in [-0.1, -0.05) is 36.4 Å².